The lowest BCUT2D eigenvalue weighted by Crippen LogP contribution is -2.66. The topological polar surface area (TPSA) is 235 Å². The van der Waals surface area contributed by atoms with Crippen molar-refractivity contribution in [2.24, 2.45) is 0 Å². The summed E-state index contributed by atoms with van der Waals surface area (Å²) in [5.74, 6) is -0.133. The van der Waals surface area contributed by atoms with Crippen LogP contribution in [0.25, 0.3) is 0 Å². The quantitative estimate of drug-likeness (QED) is 0.124. The van der Waals surface area contributed by atoms with Crippen LogP contribution in [0.15, 0.2) is 36.4 Å². The maximum absolute atomic E-state index is 13.2. The van der Waals surface area contributed by atoms with Crippen LogP contribution in [0.5, 0.6) is 23.0 Å². The van der Waals surface area contributed by atoms with Gasteiger partial charge in [0.25, 0.3) is 11.8 Å². The van der Waals surface area contributed by atoms with Crippen molar-refractivity contribution in [3.8, 4) is 23.0 Å². The standard InChI is InChI=1S/C30H40N2O14S/c1-41-15-5-13(6-16(9-15)42-2)27(39)31-21-23(35)19(11-33)45-29(25(21)37)47-30-26(38)22(24(36)20(12-34)46-30)32-28(40)14-7-17(43-3)10-18(8-14)44-4/h5-10,19-26,29-30,33-38H,11-12H2,1-4H3,(H,31,39)(H,32,40)/t19?,20?,21-,22?,23-,24+,25?,26+,29-,30+/m0/s1. The van der Waals surface area contributed by atoms with E-state index in [0.29, 0.717) is 34.8 Å². The minimum absolute atomic E-state index is 0.0925. The van der Waals surface area contributed by atoms with Crippen molar-refractivity contribution in [3.05, 3.63) is 47.5 Å². The molecule has 2 aromatic carbocycles. The normalized spacial score (nSPS) is 30.6. The molecule has 17 heteroatoms. The lowest BCUT2D eigenvalue weighted by molar-refractivity contribution is -0.175. The fraction of sp³-hybridized carbons (Fsp3) is 0.533. The Hall–Kier alpha value is -3.39. The smallest absolute Gasteiger partial charge is 0.251 e. The Labute approximate surface area is 274 Å². The van der Waals surface area contributed by atoms with Gasteiger partial charge < -0.3 is 69.7 Å². The maximum Gasteiger partial charge on any atom is 0.251 e. The molecule has 2 aliphatic rings. The minimum atomic E-state index is -1.62. The Balaban J connectivity index is 1.54. The molecule has 8 N–H and O–H groups in total. The summed E-state index contributed by atoms with van der Waals surface area (Å²) in [6, 6.07) is 6.06. The fourth-order valence-corrected chi connectivity index (χ4v) is 6.56. The van der Waals surface area contributed by atoms with Gasteiger partial charge in [0.05, 0.1) is 53.7 Å². The third kappa shape index (κ3) is 8.19. The second kappa shape index (κ2) is 16.1. The van der Waals surface area contributed by atoms with E-state index in [2.05, 4.69) is 10.6 Å². The zero-order valence-electron chi connectivity index (χ0n) is 26.0. The van der Waals surface area contributed by atoms with E-state index in [-0.39, 0.29) is 11.1 Å². The van der Waals surface area contributed by atoms with Crippen molar-refractivity contribution < 1.29 is 68.6 Å². The molecule has 0 aromatic heterocycles. The molecule has 4 rings (SSSR count). The molecule has 2 amide bonds. The first kappa shape index (κ1) is 36.4. The SMILES string of the molecule is COc1cc(OC)cc(C(=O)NC2[C@H](O)C(CO)O[C@H](S[C@@H]3OC(CO)[C@H](O)[C@H](NC(=O)c4cc(OC)cc(OC)c4)C3O)[C@@H]2O)c1. The number of aliphatic hydroxyl groups is 6. The summed E-state index contributed by atoms with van der Waals surface area (Å²) in [6.45, 7) is -1.39. The summed E-state index contributed by atoms with van der Waals surface area (Å²) < 4.78 is 32.3. The largest absolute Gasteiger partial charge is 0.497 e. The predicted octanol–water partition coefficient (Wildman–Crippen LogP) is -1.77. The van der Waals surface area contributed by atoms with Crippen LogP contribution in [-0.4, -0.2) is 144 Å². The van der Waals surface area contributed by atoms with Crippen molar-refractivity contribution in [1.82, 2.24) is 10.6 Å². The summed E-state index contributed by atoms with van der Waals surface area (Å²) in [6.07, 6.45) is -8.92. The molecule has 10 atom stereocenters. The molecule has 0 saturated carbocycles. The number of ether oxygens (including phenoxy) is 6. The van der Waals surface area contributed by atoms with Gasteiger partial charge in [0, 0.05) is 23.3 Å². The van der Waals surface area contributed by atoms with E-state index in [0.717, 1.165) is 0 Å². The third-order valence-electron chi connectivity index (χ3n) is 7.86. The van der Waals surface area contributed by atoms with Crippen molar-refractivity contribution in [3.63, 3.8) is 0 Å². The molecule has 4 unspecified atom stereocenters. The van der Waals surface area contributed by atoms with Crippen LogP contribution in [0.3, 0.4) is 0 Å². The van der Waals surface area contributed by atoms with Gasteiger partial charge in [0.2, 0.25) is 0 Å². The highest BCUT2D eigenvalue weighted by molar-refractivity contribution is 8.00. The highest BCUT2D eigenvalue weighted by Crippen LogP contribution is 2.37. The maximum atomic E-state index is 13.2. The molecule has 0 bridgehead atoms. The number of methoxy groups -OCH3 is 4. The Kier molecular flexibility index (Phi) is 12.5. The van der Waals surface area contributed by atoms with E-state index in [1.165, 1.54) is 52.7 Å². The van der Waals surface area contributed by atoms with Crippen LogP contribution in [0.1, 0.15) is 20.7 Å². The van der Waals surface area contributed by atoms with Crippen molar-refractivity contribution in [2.45, 2.75) is 59.6 Å². The summed E-state index contributed by atoms with van der Waals surface area (Å²) in [5, 5.41) is 69.3. The second-order valence-corrected chi connectivity index (χ2v) is 12.0. The minimum Gasteiger partial charge on any atom is -0.497 e. The fourth-order valence-electron chi connectivity index (χ4n) is 5.22. The van der Waals surface area contributed by atoms with E-state index in [4.69, 9.17) is 28.4 Å². The van der Waals surface area contributed by atoms with Gasteiger partial charge in [-0.3, -0.25) is 9.59 Å². The van der Waals surface area contributed by atoms with Crippen LogP contribution in [0, 0.1) is 0 Å². The van der Waals surface area contributed by atoms with Crippen LogP contribution in [-0.2, 0) is 9.47 Å². The van der Waals surface area contributed by atoms with Gasteiger partial charge in [-0.1, -0.05) is 11.8 Å². The van der Waals surface area contributed by atoms with Crippen molar-refractivity contribution in [2.75, 3.05) is 41.7 Å². The number of carbonyl (C=O) groups excluding carboxylic acids is 2. The molecule has 2 heterocycles. The average molecular weight is 685 g/mol. The molecule has 2 aromatic rings. The lowest BCUT2D eigenvalue weighted by atomic mass is 9.96. The summed E-state index contributed by atoms with van der Waals surface area (Å²) in [5.41, 5.74) is -2.47. The van der Waals surface area contributed by atoms with Crippen LogP contribution < -0.4 is 29.6 Å². The van der Waals surface area contributed by atoms with Gasteiger partial charge in [-0.2, -0.15) is 0 Å². The first-order valence-corrected chi connectivity index (χ1v) is 15.4. The number of nitrogens with one attached hydrogen (secondary N) is 2. The number of aliphatic hydroxyl groups excluding tert-OH is 6. The van der Waals surface area contributed by atoms with Crippen molar-refractivity contribution in [1.29, 1.82) is 0 Å². The van der Waals surface area contributed by atoms with E-state index in [9.17, 15) is 40.2 Å². The van der Waals surface area contributed by atoms with E-state index < -0.39 is 84.6 Å². The van der Waals surface area contributed by atoms with Gasteiger partial charge >= 0.3 is 0 Å². The van der Waals surface area contributed by atoms with Gasteiger partial charge in [0.15, 0.2) is 0 Å². The monoisotopic (exact) mass is 684 g/mol. The molecule has 16 nitrogen and oxygen atoms in total. The first-order chi connectivity index (χ1) is 22.5. The number of thioether (sulfide) groups is 1. The average Bonchev–Trinajstić information content (AvgIpc) is 3.09. The Morgan fingerprint density at radius 3 is 1.21 bits per heavy atom. The molecule has 2 saturated heterocycles. The van der Waals surface area contributed by atoms with Gasteiger partial charge in [0.1, 0.15) is 70.5 Å². The number of benzene rings is 2. The summed E-state index contributed by atoms with van der Waals surface area (Å²) in [4.78, 5) is 26.4. The third-order valence-corrected chi connectivity index (χ3v) is 9.18. The molecule has 0 spiro atoms. The Morgan fingerprint density at radius 1 is 0.617 bits per heavy atom. The van der Waals surface area contributed by atoms with Crippen LogP contribution in [0.2, 0.25) is 0 Å². The Morgan fingerprint density at radius 2 is 0.936 bits per heavy atom. The van der Waals surface area contributed by atoms with Gasteiger partial charge in [-0.05, 0) is 24.3 Å². The molecule has 2 aliphatic heterocycles. The molecule has 0 aliphatic carbocycles. The molecular weight excluding hydrogens is 644 g/mol. The zero-order valence-corrected chi connectivity index (χ0v) is 26.8. The molecule has 2 fully saturated rings. The van der Waals surface area contributed by atoms with E-state index in [1.54, 1.807) is 12.1 Å². The predicted molar refractivity (Wildman–Crippen MR) is 165 cm³/mol. The van der Waals surface area contributed by atoms with Gasteiger partial charge in [-0.15, -0.1) is 0 Å². The van der Waals surface area contributed by atoms with Crippen molar-refractivity contribution >= 4 is 23.6 Å². The molecule has 260 valence electrons. The Bertz CT molecular complexity index is 1240. The zero-order chi connectivity index (χ0) is 34.4. The number of hydrogen-bond donors (Lipinski definition) is 8. The van der Waals surface area contributed by atoms with Crippen LogP contribution >= 0.6 is 11.8 Å². The van der Waals surface area contributed by atoms with Gasteiger partial charge in [-0.25, -0.2) is 0 Å². The van der Waals surface area contributed by atoms with E-state index >= 15 is 0 Å². The number of carbonyl (C=O) groups is 2. The summed E-state index contributed by atoms with van der Waals surface area (Å²) >= 11 is 0.706. The summed E-state index contributed by atoms with van der Waals surface area (Å²) in [7, 11) is 5.63. The number of hydrogen-bond acceptors (Lipinski definition) is 15. The second-order valence-electron chi connectivity index (χ2n) is 10.8. The lowest BCUT2D eigenvalue weighted by Gasteiger charge is -2.46. The van der Waals surface area contributed by atoms with E-state index in [1.807, 2.05) is 0 Å². The molecule has 47 heavy (non-hydrogen) atoms. The number of rotatable bonds is 12. The van der Waals surface area contributed by atoms with Crippen LogP contribution in [0.4, 0.5) is 0 Å². The highest BCUT2D eigenvalue weighted by Gasteiger charge is 2.50. The highest BCUT2D eigenvalue weighted by atomic mass is 32.2. The molecular formula is C30H40N2O14S. The molecule has 0 radical (unpaired) electrons. The number of amides is 2. The first-order valence-electron chi connectivity index (χ1n) is 14.5.